The van der Waals surface area contributed by atoms with E-state index in [0.717, 1.165) is 45.6 Å². The van der Waals surface area contributed by atoms with Crippen LogP contribution in [0.3, 0.4) is 0 Å². The van der Waals surface area contributed by atoms with E-state index >= 15 is 0 Å². The smallest absolute Gasteiger partial charge is 0.225 e. The highest BCUT2D eigenvalue weighted by Gasteiger charge is 2.31. The van der Waals surface area contributed by atoms with Crippen molar-refractivity contribution >= 4 is 17.2 Å². The Morgan fingerprint density at radius 1 is 1.27 bits per heavy atom. The normalized spacial score (nSPS) is 21.8. The fraction of sp³-hybridized carbons (Fsp3) is 0.762. The van der Waals surface area contributed by atoms with Crippen LogP contribution in [0.4, 0.5) is 0 Å². The molecule has 3 rings (SSSR count). The predicted octanol–water partition coefficient (Wildman–Crippen LogP) is 3.60. The van der Waals surface area contributed by atoms with Crippen molar-refractivity contribution in [1.29, 1.82) is 0 Å². The molecular weight excluding hydrogens is 342 g/mol. The summed E-state index contributed by atoms with van der Waals surface area (Å²) in [7, 11) is 0. The van der Waals surface area contributed by atoms with Gasteiger partial charge < -0.3 is 9.80 Å². The number of carbonyl (C=O) groups excluding carboxylic acids is 1. The van der Waals surface area contributed by atoms with Crippen LogP contribution >= 0.6 is 11.3 Å². The van der Waals surface area contributed by atoms with Crippen molar-refractivity contribution in [2.24, 2.45) is 5.92 Å². The Labute approximate surface area is 163 Å². The second-order valence-electron chi connectivity index (χ2n) is 8.29. The summed E-state index contributed by atoms with van der Waals surface area (Å²) in [6.45, 7) is 14.0. The second kappa shape index (κ2) is 9.34. The van der Waals surface area contributed by atoms with Crippen molar-refractivity contribution in [3.05, 3.63) is 21.9 Å². The third-order valence-corrected chi connectivity index (χ3v) is 6.88. The van der Waals surface area contributed by atoms with E-state index in [9.17, 15) is 4.79 Å². The summed E-state index contributed by atoms with van der Waals surface area (Å²) in [5.41, 5.74) is 1.40. The third kappa shape index (κ3) is 5.08. The van der Waals surface area contributed by atoms with Crippen molar-refractivity contribution in [2.45, 2.75) is 59.0 Å². The molecule has 0 N–H and O–H groups in total. The number of rotatable bonds is 8. The van der Waals surface area contributed by atoms with Crippen LogP contribution in [-0.4, -0.2) is 65.9 Å². The van der Waals surface area contributed by atoms with Gasteiger partial charge in [0.15, 0.2) is 0 Å². The summed E-state index contributed by atoms with van der Waals surface area (Å²) >= 11 is 1.86. The first kappa shape index (κ1) is 19.8. The summed E-state index contributed by atoms with van der Waals surface area (Å²) < 4.78 is 0. The minimum atomic E-state index is 0.0929. The number of likely N-dealkylation sites (tertiary alicyclic amines) is 2. The van der Waals surface area contributed by atoms with E-state index < -0.39 is 0 Å². The minimum Gasteiger partial charge on any atom is -0.338 e. The van der Waals surface area contributed by atoms with Crippen LogP contribution in [0.2, 0.25) is 0 Å². The van der Waals surface area contributed by atoms with Gasteiger partial charge in [-0.05, 0) is 69.3 Å². The molecule has 1 amide bonds. The Bertz CT molecular complexity index is 580. The van der Waals surface area contributed by atoms with E-state index in [1.807, 2.05) is 25.2 Å². The Morgan fingerprint density at radius 2 is 2.04 bits per heavy atom. The lowest BCUT2D eigenvalue weighted by Crippen LogP contribution is -2.45. The van der Waals surface area contributed by atoms with E-state index in [-0.39, 0.29) is 5.92 Å². The Balaban J connectivity index is 1.54. The lowest BCUT2D eigenvalue weighted by molar-refractivity contribution is -0.136. The molecule has 0 bridgehead atoms. The SMILES string of the molecule is Cc1ccsc1CN1CCC(N(CCCN2CCCC2)C(=O)C(C)C)C1. The van der Waals surface area contributed by atoms with Gasteiger partial charge >= 0.3 is 0 Å². The fourth-order valence-corrected chi connectivity index (χ4v) is 5.20. The molecule has 0 saturated carbocycles. The summed E-state index contributed by atoms with van der Waals surface area (Å²) in [6.07, 6.45) is 4.91. The highest BCUT2D eigenvalue weighted by molar-refractivity contribution is 7.10. The summed E-state index contributed by atoms with van der Waals surface area (Å²) in [4.78, 5) is 21.6. The van der Waals surface area contributed by atoms with Gasteiger partial charge in [0.2, 0.25) is 5.91 Å². The largest absolute Gasteiger partial charge is 0.338 e. The van der Waals surface area contributed by atoms with Crippen molar-refractivity contribution in [3.8, 4) is 0 Å². The molecule has 2 saturated heterocycles. The zero-order chi connectivity index (χ0) is 18.5. The number of carbonyl (C=O) groups is 1. The maximum absolute atomic E-state index is 12.8. The molecule has 1 atom stereocenters. The van der Waals surface area contributed by atoms with Gasteiger partial charge in [0, 0.05) is 43.0 Å². The molecular formula is C21H35N3OS. The van der Waals surface area contributed by atoms with Crippen LogP contribution in [0.15, 0.2) is 11.4 Å². The molecule has 1 unspecified atom stereocenters. The van der Waals surface area contributed by atoms with Gasteiger partial charge in [0.1, 0.15) is 0 Å². The van der Waals surface area contributed by atoms with E-state index in [2.05, 4.69) is 33.1 Å². The van der Waals surface area contributed by atoms with Crippen LogP contribution in [0.1, 0.15) is 50.0 Å². The molecule has 26 heavy (non-hydrogen) atoms. The van der Waals surface area contributed by atoms with Crippen molar-refractivity contribution in [1.82, 2.24) is 14.7 Å². The fourth-order valence-electron chi connectivity index (χ4n) is 4.25. The number of hydrogen-bond donors (Lipinski definition) is 0. The first-order valence-electron chi connectivity index (χ1n) is 10.3. The Hall–Kier alpha value is -0.910. The summed E-state index contributed by atoms with van der Waals surface area (Å²) in [6, 6.07) is 2.60. The van der Waals surface area contributed by atoms with Gasteiger partial charge in [-0.25, -0.2) is 0 Å². The number of thiophene rings is 1. The Kier molecular flexibility index (Phi) is 7.12. The molecule has 5 heteroatoms. The number of nitrogens with zero attached hydrogens (tertiary/aromatic N) is 3. The molecule has 4 nitrogen and oxygen atoms in total. The van der Waals surface area contributed by atoms with Crippen LogP contribution in [0.25, 0.3) is 0 Å². The first-order valence-corrected chi connectivity index (χ1v) is 11.2. The van der Waals surface area contributed by atoms with Crippen molar-refractivity contribution in [3.63, 3.8) is 0 Å². The number of amides is 1. The van der Waals surface area contributed by atoms with E-state index in [4.69, 9.17) is 0 Å². The van der Waals surface area contributed by atoms with E-state index in [1.165, 1.54) is 36.4 Å². The van der Waals surface area contributed by atoms with Crippen LogP contribution in [0.5, 0.6) is 0 Å². The lowest BCUT2D eigenvalue weighted by atomic mass is 10.1. The van der Waals surface area contributed by atoms with E-state index in [1.54, 1.807) is 0 Å². The van der Waals surface area contributed by atoms with Crippen LogP contribution < -0.4 is 0 Å². The second-order valence-corrected chi connectivity index (χ2v) is 9.29. The topological polar surface area (TPSA) is 26.8 Å². The molecule has 0 aromatic carbocycles. The quantitative estimate of drug-likeness (QED) is 0.692. The molecule has 1 aromatic heterocycles. The highest BCUT2D eigenvalue weighted by Crippen LogP contribution is 2.24. The van der Waals surface area contributed by atoms with Gasteiger partial charge in [0.05, 0.1) is 0 Å². The van der Waals surface area contributed by atoms with Gasteiger partial charge in [0.25, 0.3) is 0 Å². The van der Waals surface area contributed by atoms with Crippen LogP contribution in [0, 0.1) is 12.8 Å². The zero-order valence-electron chi connectivity index (χ0n) is 16.7. The van der Waals surface area contributed by atoms with E-state index in [0.29, 0.717) is 11.9 Å². The molecule has 1 aromatic rings. The average Bonchev–Trinajstić information content (AvgIpc) is 3.35. The molecule has 2 aliphatic rings. The van der Waals surface area contributed by atoms with Gasteiger partial charge in [-0.2, -0.15) is 0 Å². The van der Waals surface area contributed by atoms with Crippen LogP contribution in [-0.2, 0) is 11.3 Å². The third-order valence-electron chi connectivity index (χ3n) is 5.87. The van der Waals surface area contributed by atoms with Gasteiger partial charge in [-0.3, -0.25) is 9.69 Å². The summed E-state index contributed by atoms with van der Waals surface area (Å²) in [5.74, 6) is 0.431. The molecule has 146 valence electrons. The molecule has 0 spiro atoms. The minimum absolute atomic E-state index is 0.0929. The van der Waals surface area contributed by atoms with Crippen molar-refractivity contribution < 1.29 is 4.79 Å². The van der Waals surface area contributed by atoms with Gasteiger partial charge in [-0.15, -0.1) is 11.3 Å². The highest BCUT2D eigenvalue weighted by atomic mass is 32.1. The van der Waals surface area contributed by atoms with Crippen molar-refractivity contribution in [2.75, 3.05) is 39.3 Å². The summed E-state index contributed by atoms with van der Waals surface area (Å²) in [5, 5.41) is 2.19. The van der Waals surface area contributed by atoms with Gasteiger partial charge in [-0.1, -0.05) is 13.8 Å². The molecule has 3 heterocycles. The lowest BCUT2D eigenvalue weighted by Gasteiger charge is -2.31. The predicted molar refractivity (Wildman–Crippen MR) is 110 cm³/mol. The molecule has 0 radical (unpaired) electrons. The monoisotopic (exact) mass is 377 g/mol. The first-order chi connectivity index (χ1) is 12.5. The maximum Gasteiger partial charge on any atom is 0.225 e. The average molecular weight is 378 g/mol. The number of hydrogen-bond acceptors (Lipinski definition) is 4. The molecule has 2 aliphatic heterocycles. The zero-order valence-corrected chi connectivity index (χ0v) is 17.6. The standard InChI is InChI=1S/C21H35N3OS/c1-17(2)21(25)24(12-6-11-22-9-4-5-10-22)19-7-13-23(15-19)16-20-18(3)8-14-26-20/h8,14,17,19H,4-7,9-13,15-16H2,1-3H3. The molecule has 0 aliphatic carbocycles. The molecule has 2 fully saturated rings. The Morgan fingerprint density at radius 3 is 2.69 bits per heavy atom. The number of aryl methyl sites for hydroxylation is 1. The maximum atomic E-state index is 12.8.